The maximum absolute atomic E-state index is 2.58. The van der Waals surface area contributed by atoms with Crippen LogP contribution in [0.4, 0.5) is 39.8 Å². The molecule has 4 heteroatoms. The number of fused-ring (bicyclic) bond motifs is 9. The van der Waals surface area contributed by atoms with E-state index in [1.165, 1.54) is 131 Å². The van der Waals surface area contributed by atoms with Crippen molar-refractivity contribution in [3.05, 3.63) is 246 Å². The van der Waals surface area contributed by atoms with Gasteiger partial charge in [-0.25, -0.2) is 0 Å². The molecular formula is C68H57N3Si. The number of allylic oxidation sites excluding steroid dienone is 3. The molecule has 1 unspecified atom stereocenters. The van der Waals surface area contributed by atoms with Crippen LogP contribution < -0.4 is 25.1 Å². The Hall–Kier alpha value is -7.92. The van der Waals surface area contributed by atoms with Gasteiger partial charge in [0.05, 0.1) is 28.5 Å². The van der Waals surface area contributed by atoms with Gasteiger partial charge < -0.3 is 14.7 Å². The summed E-state index contributed by atoms with van der Waals surface area (Å²) in [7, 11) is -1.81. The van der Waals surface area contributed by atoms with Crippen molar-refractivity contribution < 1.29 is 0 Å². The largest absolute Gasteiger partial charge is 0.310 e. The first-order valence-corrected chi connectivity index (χ1v) is 28.5. The van der Waals surface area contributed by atoms with Crippen LogP contribution in [0.25, 0.3) is 45.2 Å². The van der Waals surface area contributed by atoms with Crippen LogP contribution in [-0.4, -0.2) is 8.07 Å². The van der Waals surface area contributed by atoms with Crippen molar-refractivity contribution in [2.75, 3.05) is 14.7 Å². The Morgan fingerprint density at radius 1 is 0.472 bits per heavy atom. The summed E-state index contributed by atoms with van der Waals surface area (Å²) < 4.78 is 0. The molecule has 3 aliphatic heterocycles. The van der Waals surface area contributed by atoms with Gasteiger partial charge in [0.1, 0.15) is 8.07 Å². The van der Waals surface area contributed by atoms with Crippen LogP contribution in [0.15, 0.2) is 224 Å². The highest BCUT2D eigenvalue weighted by molar-refractivity contribution is 7.05. The van der Waals surface area contributed by atoms with Crippen LogP contribution in [0, 0.1) is 5.92 Å². The fourth-order valence-corrected chi connectivity index (χ4v) is 19.0. The van der Waals surface area contributed by atoms with Crippen LogP contribution in [0.5, 0.6) is 0 Å². The molecule has 5 aliphatic rings. The molecule has 0 saturated carbocycles. The first-order valence-electron chi connectivity index (χ1n) is 26.1. The fourth-order valence-electron chi connectivity index (χ4n) is 13.5. The minimum absolute atomic E-state index is 0.177. The van der Waals surface area contributed by atoms with Gasteiger partial charge in [0, 0.05) is 39.5 Å². The summed E-state index contributed by atoms with van der Waals surface area (Å²) >= 11 is 0. The van der Waals surface area contributed by atoms with Crippen LogP contribution in [0.2, 0.25) is 12.1 Å². The second kappa shape index (κ2) is 16.6. The minimum atomic E-state index is -1.81. The Morgan fingerprint density at radius 3 is 1.76 bits per heavy atom. The third kappa shape index (κ3) is 6.48. The number of hydrogen-bond donors (Lipinski definition) is 0. The predicted molar refractivity (Wildman–Crippen MR) is 308 cm³/mol. The number of benzene rings is 9. The summed E-state index contributed by atoms with van der Waals surface area (Å²) in [6, 6.07) is 78.2. The van der Waals surface area contributed by atoms with E-state index in [1.54, 1.807) is 10.4 Å². The molecule has 1 spiro atoms. The predicted octanol–water partition coefficient (Wildman–Crippen LogP) is 17.2. The van der Waals surface area contributed by atoms with E-state index in [-0.39, 0.29) is 5.41 Å². The molecule has 0 radical (unpaired) electrons. The summed E-state index contributed by atoms with van der Waals surface area (Å²) in [5.41, 5.74) is 21.5. The Morgan fingerprint density at radius 2 is 1.04 bits per heavy atom. The molecule has 3 nitrogen and oxygen atoms in total. The van der Waals surface area contributed by atoms with E-state index < -0.39 is 8.07 Å². The molecule has 72 heavy (non-hydrogen) atoms. The van der Waals surface area contributed by atoms with Crippen molar-refractivity contribution in [1.29, 1.82) is 0 Å². The maximum Gasteiger partial charge on any atom is 0.123 e. The topological polar surface area (TPSA) is 9.72 Å². The SMILES string of the molecule is CC1CC=CC2=C1N(c1ccccc1)c1ccccc1N2c1ccc2c(c1)C(C)(C)c1cc(C=Cc3ccc(-c4ccc(N5c6ccccc6[Si]6(CCCC6)c6ccccc65)c5ccccc45)cc3)ccc1-2. The molecular weight excluding hydrogens is 887 g/mol. The summed E-state index contributed by atoms with van der Waals surface area (Å²) in [4.78, 5) is 7.57. The van der Waals surface area contributed by atoms with Gasteiger partial charge in [-0.05, 0) is 139 Å². The quantitative estimate of drug-likeness (QED) is 0.121. The van der Waals surface area contributed by atoms with Crippen LogP contribution in [-0.2, 0) is 5.41 Å². The summed E-state index contributed by atoms with van der Waals surface area (Å²) in [5, 5.41) is 5.78. The second-order valence-electron chi connectivity index (χ2n) is 21.3. The van der Waals surface area contributed by atoms with E-state index in [4.69, 9.17) is 0 Å². The molecule has 348 valence electrons. The summed E-state index contributed by atoms with van der Waals surface area (Å²) in [6.45, 7) is 7.16. The third-order valence-electron chi connectivity index (χ3n) is 16.9. The highest BCUT2D eigenvalue weighted by Crippen LogP contribution is 2.55. The molecule has 1 atom stereocenters. The second-order valence-corrected chi connectivity index (χ2v) is 25.5. The number of hydrogen-bond acceptors (Lipinski definition) is 3. The van der Waals surface area contributed by atoms with Crippen LogP contribution in [0.3, 0.4) is 0 Å². The van der Waals surface area contributed by atoms with Gasteiger partial charge in [-0.15, -0.1) is 0 Å². The first-order chi connectivity index (χ1) is 35.4. The summed E-state index contributed by atoms with van der Waals surface area (Å²) in [6.07, 6.45) is 12.9. The number of rotatable bonds is 6. The fraction of sp³-hybridized carbons (Fsp3) is 0.147. The lowest BCUT2D eigenvalue weighted by Crippen LogP contribution is -2.60. The zero-order valence-electron chi connectivity index (χ0n) is 41.3. The van der Waals surface area contributed by atoms with Gasteiger partial charge in [-0.2, -0.15) is 0 Å². The molecule has 9 aromatic carbocycles. The van der Waals surface area contributed by atoms with Gasteiger partial charge in [-0.3, -0.25) is 0 Å². The van der Waals surface area contributed by atoms with Crippen molar-refractivity contribution >= 4 is 81.2 Å². The molecule has 3 heterocycles. The lowest BCUT2D eigenvalue weighted by atomic mass is 9.81. The lowest BCUT2D eigenvalue weighted by molar-refractivity contribution is 0.652. The van der Waals surface area contributed by atoms with E-state index in [0.717, 1.165) is 6.42 Å². The van der Waals surface area contributed by atoms with E-state index in [1.807, 2.05) is 0 Å². The molecule has 0 N–H and O–H groups in total. The van der Waals surface area contributed by atoms with Gasteiger partial charge in [0.15, 0.2) is 0 Å². The van der Waals surface area contributed by atoms with Gasteiger partial charge >= 0.3 is 0 Å². The van der Waals surface area contributed by atoms with Gasteiger partial charge in [0.2, 0.25) is 0 Å². The average Bonchev–Trinajstić information content (AvgIpc) is 4.01. The Balaban J connectivity index is 0.756. The monoisotopic (exact) mass is 943 g/mol. The summed E-state index contributed by atoms with van der Waals surface area (Å²) in [5.74, 6) is 0.368. The van der Waals surface area contributed by atoms with Crippen molar-refractivity contribution in [3.8, 4) is 22.3 Å². The molecule has 0 amide bonds. The molecule has 1 saturated heterocycles. The number of nitrogens with zero attached hydrogens (tertiary/aromatic N) is 3. The van der Waals surface area contributed by atoms with Gasteiger partial charge in [0.25, 0.3) is 0 Å². The highest BCUT2D eigenvalue weighted by atomic mass is 28.3. The van der Waals surface area contributed by atoms with Gasteiger partial charge in [-0.1, -0.05) is 197 Å². The molecule has 0 bridgehead atoms. The third-order valence-corrected chi connectivity index (χ3v) is 22.2. The smallest absolute Gasteiger partial charge is 0.123 e. The van der Waals surface area contributed by atoms with E-state index in [2.05, 4.69) is 260 Å². The van der Waals surface area contributed by atoms with E-state index >= 15 is 0 Å². The van der Waals surface area contributed by atoms with Crippen LogP contribution >= 0.6 is 0 Å². The minimum Gasteiger partial charge on any atom is -0.310 e. The van der Waals surface area contributed by atoms with E-state index in [9.17, 15) is 0 Å². The number of anilines is 7. The Bertz CT molecular complexity index is 3690. The average molecular weight is 944 g/mol. The van der Waals surface area contributed by atoms with Crippen molar-refractivity contribution in [2.24, 2.45) is 5.92 Å². The van der Waals surface area contributed by atoms with E-state index in [0.29, 0.717) is 5.92 Å². The zero-order valence-corrected chi connectivity index (χ0v) is 42.3. The highest BCUT2D eigenvalue weighted by Gasteiger charge is 2.47. The Kier molecular flexibility index (Phi) is 9.88. The molecule has 2 aliphatic carbocycles. The first kappa shape index (κ1) is 42.9. The lowest BCUT2D eigenvalue weighted by Gasteiger charge is -2.44. The van der Waals surface area contributed by atoms with Crippen molar-refractivity contribution in [2.45, 2.75) is 57.5 Å². The zero-order chi connectivity index (χ0) is 48.1. The van der Waals surface area contributed by atoms with Crippen LogP contribution in [0.1, 0.15) is 62.3 Å². The molecule has 9 aromatic rings. The molecule has 1 fully saturated rings. The van der Waals surface area contributed by atoms with Crippen molar-refractivity contribution in [1.82, 2.24) is 0 Å². The molecule has 14 rings (SSSR count). The standard InChI is InChI=1S/C68H57N3Si/c1-46-18-17-27-64-67(46)70(50-19-5-4-6-20-50)61-24-10-9-23-60(61)69(64)51-37-39-55-54-38-34-48(44-57(54)68(2,3)58(55)45-51)31-30-47-32-35-49(36-33-47)52-40-41-59(56-22-8-7-21-53(52)56)71-62-25-11-13-28-65(62)72(42-15-16-43-72)66-29-14-12-26-63(66)71/h4-14,17,19-41,44-46H,15-16,18,42-43H2,1-3H3. The maximum atomic E-state index is 2.58. The molecule has 0 aromatic heterocycles. The Labute approximate surface area is 425 Å². The van der Waals surface area contributed by atoms with Crippen molar-refractivity contribution in [3.63, 3.8) is 0 Å². The number of para-hydroxylation sites is 5. The normalized spacial score (nSPS) is 17.8.